The normalized spacial score (nSPS) is 29.0. The van der Waals surface area contributed by atoms with Crippen LogP contribution in [0.5, 0.6) is 0 Å². The Morgan fingerprint density at radius 1 is 1.24 bits per heavy atom. The van der Waals surface area contributed by atoms with Crippen LogP contribution in [0.3, 0.4) is 0 Å². The number of ether oxygens (including phenoxy) is 1. The topological polar surface area (TPSA) is 149 Å². The van der Waals surface area contributed by atoms with Gasteiger partial charge < -0.3 is 25.6 Å². The predicted molar refractivity (Wildman–Crippen MR) is 132 cm³/mol. The average molecular weight is 509 g/mol. The van der Waals surface area contributed by atoms with E-state index in [1.165, 1.54) is 0 Å². The van der Waals surface area contributed by atoms with E-state index >= 15 is 0 Å². The first-order valence-corrected chi connectivity index (χ1v) is 12.6. The van der Waals surface area contributed by atoms with Crippen LogP contribution < -0.4 is 16.0 Å². The van der Waals surface area contributed by atoms with E-state index in [9.17, 15) is 24.4 Å². The second-order valence-corrected chi connectivity index (χ2v) is 11.4. The van der Waals surface area contributed by atoms with E-state index in [-0.39, 0.29) is 30.4 Å². The van der Waals surface area contributed by atoms with Gasteiger partial charge in [0, 0.05) is 30.4 Å². The van der Waals surface area contributed by atoms with Crippen molar-refractivity contribution >= 4 is 29.5 Å². The number of alkyl carbamates (subject to hydrolysis) is 1. The van der Waals surface area contributed by atoms with E-state index in [0.29, 0.717) is 36.6 Å². The van der Waals surface area contributed by atoms with Gasteiger partial charge in [-0.15, -0.1) is 0 Å². The van der Waals surface area contributed by atoms with Crippen LogP contribution in [0.15, 0.2) is 24.3 Å². The van der Waals surface area contributed by atoms with Crippen molar-refractivity contribution in [2.45, 2.75) is 75.8 Å². The third-order valence-electron chi connectivity index (χ3n) is 7.59. The van der Waals surface area contributed by atoms with Crippen molar-refractivity contribution in [3.8, 4) is 6.07 Å². The second kappa shape index (κ2) is 9.03. The number of likely N-dealkylation sites (tertiary alicyclic amines) is 2. The molecule has 1 aromatic carbocycles. The number of carbonyl (C=O) groups is 4. The number of hydrogen-bond acceptors (Lipinski definition) is 7. The lowest BCUT2D eigenvalue weighted by Gasteiger charge is -2.36. The molecule has 37 heavy (non-hydrogen) atoms. The zero-order valence-corrected chi connectivity index (χ0v) is 21.2. The summed E-state index contributed by atoms with van der Waals surface area (Å²) >= 11 is 0. The second-order valence-electron chi connectivity index (χ2n) is 11.4. The Morgan fingerprint density at radius 3 is 2.65 bits per heavy atom. The molecule has 0 radical (unpaired) electrons. The highest BCUT2D eigenvalue weighted by Crippen LogP contribution is 2.48. The molecule has 0 aromatic heterocycles. The van der Waals surface area contributed by atoms with Crippen LogP contribution in [0.4, 0.5) is 10.5 Å². The lowest BCUT2D eigenvalue weighted by molar-refractivity contribution is -0.136. The Labute approximate surface area is 215 Å². The SMILES string of the molecule is CC(C)(C)OC(=O)N[C@@H](CN1C[C@@H]2C[C@H]1C(=O)N2c1cccc(C(N)=O)c1)C(=O)N1[C@H](C#N)C[C@@H]2C[C@@H]21. The minimum atomic E-state index is -0.955. The number of rotatable bonds is 6. The number of primary amides is 1. The number of piperazine rings is 1. The molecule has 11 nitrogen and oxygen atoms in total. The van der Waals surface area contributed by atoms with Gasteiger partial charge in [0.25, 0.3) is 0 Å². The van der Waals surface area contributed by atoms with Gasteiger partial charge in [0.05, 0.1) is 18.2 Å². The molecule has 5 rings (SSSR count). The van der Waals surface area contributed by atoms with Crippen LogP contribution in [-0.4, -0.2) is 82.5 Å². The van der Waals surface area contributed by atoms with Crippen LogP contribution in [-0.2, 0) is 14.3 Å². The fourth-order valence-corrected chi connectivity index (χ4v) is 5.95. The molecule has 3 N–H and O–H groups in total. The smallest absolute Gasteiger partial charge is 0.408 e. The van der Waals surface area contributed by atoms with Crippen molar-refractivity contribution in [1.29, 1.82) is 5.26 Å². The van der Waals surface area contributed by atoms with Crippen molar-refractivity contribution in [2.24, 2.45) is 11.7 Å². The standard InChI is InChI=1S/C26H32N6O5/c1-26(2,3)37-25(36)29-19(23(34)32-17(11-27)8-15-9-20(15)32)13-30-12-18-10-21(30)24(35)31(18)16-6-4-5-14(7-16)22(28)33/h4-7,15,17-21H,8-10,12-13H2,1-3H3,(H2,28,33)(H,29,36)/t15-,17+,18+,19+,20+,21+/m1/s1. The molecule has 4 aliphatic rings. The molecule has 4 fully saturated rings. The van der Waals surface area contributed by atoms with Crippen molar-refractivity contribution in [3.05, 3.63) is 29.8 Å². The zero-order chi connectivity index (χ0) is 26.6. The van der Waals surface area contributed by atoms with Gasteiger partial charge in [-0.25, -0.2) is 4.79 Å². The number of benzene rings is 1. The maximum absolute atomic E-state index is 13.7. The maximum atomic E-state index is 13.7. The number of nitriles is 1. The van der Waals surface area contributed by atoms with Crippen molar-refractivity contribution in [2.75, 3.05) is 18.0 Å². The largest absolute Gasteiger partial charge is 0.444 e. The van der Waals surface area contributed by atoms with Gasteiger partial charge in [-0.05, 0) is 64.2 Å². The highest BCUT2D eigenvalue weighted by atomic mass is 16.6. The number of hydrogen-bond donors (Lipinski definition) is 2. The number of nitrogens with one attached hydrogen (secondary N) is 1. The summed E-state index contributed by atoms with van der Waals surface area (Å²) in [5.41, 5.74) is 5.60. The molecule has 1 aliphatic carbocycles. The van der Waals surface area contributed by atoms with Gasteiger partial charge in [-0.2, -0.15) is 5.26 Å². The molecule has 1 aromatic rings. The van der Waals surface area contributed by atoms with Crippen LogP contribution in [0.1, 0.15) is 50.4 Å². The summed E-state index contributed by atoms with van der Waals surface area (Å²) < 4.78 is 5.41. The molecule has 3 heterocycles. The van der Waals surface area contributed by atoms with Crippen LogP contribution >= 0.6 is 0 Å². The molecule has 6 atom stereocenters. The highest BCUT2D eigenvalue weighted by Gasteiger charge is 2.56. The highest BCUT2D eigenvalue weighted by molar-refractivity contribution is 6.02. The van der Waals surface area contributed by atoms with E-state index in [1.807, 2.05) is 4.90 Å². The van der Waals surface area contributed by atoms with Gasteiger partial charge in [0.2, 0.25) is 17.7 Å². The van der Waals surface area contributed by atoms with Gasteiger partial charge in [0.1, 0.15) is 17.7 Å². The molecule has 0 spiro atoms. The number of carbonyl (C=O) groups excluding carboxylic acids is 4. The zero-order valence-electron chi connectivity index (χ0n) is 21.2. The lowest BCUT2D eigenvalue weighted by Crippen LogP contribution is -2.59. The summed E-state index contributed by atoms with van der Waals surface area (Å²) in [5, 5.41) is 12.3. The first kappa shape index (κ1) is 25.0. The fourth-order valence-electron chi connectivity index (χ4n) is 5.95. The summed E-state index contributed by atoms with van der Waals surface area (Å²) in [7, 11) is 0. The molecule has 3 aliphatic heterocycles. The van der Waals surface area contributed by atoms with Crippen molar-refractivity contribution in [3.63, 3.8) is 0 Å². The monoisotopic (exact) mass is 508 g/mol. The minimum absolute atomic E-state index is 0.0322. The van der Waals surface area contributed by atoms with E-state index in [1.54, 1.807) is 54.8 Å². The maximum Gasteiger partial charge on any atom is 0.408 e. The van der Waals surface area contributed by atoms with Gasteiger partial charge >= 0.3 is 6.09 Å². The third-order valence-corrected chi connectivity index (χ3v) is 7.59. The molecule has 0 unspecified atom stereocenters. The van der Waals surface area contributed by atoms with E-state index < -0.39 is 35.7 Å². The first-order valence-electron chi connectivity index (χ1n) is 12.6. The minimum Gasteiger partial charge on any atom is -0.444 e. The van der Waals surface area contributed by atoms with Crippen molar-refractivity contribution in [1.82, 2.24) is 15.1 Å². The molecule has 1 saturated carbocycles. The number of anilines is 1. The molecule has 3 saturated heterocycles. The van der Waals surface area contributed by atoms with E-state index in [2.05, 4.69) is 11.4 Å². The van der Waals surface area contributed by atoms with Gasteiger partial charge in [-0.1, -0.05) is 6.07 Å². The Morgan fingerprint density at radius 2 is 2.00 bits per heavy atom. The van der Waals surface area contributed by atoms with E-state index in [0.717, 1.165) is 6.42 Å². The Hall–Kier alpha value is -3.65. The molecule has 4 amide bonds. The number of fused-ring (bicyclic) bond motifs is 3. The average Bonchev–Trinajstić information content (AvgIpc) is 3.15. The molecular formula is C26H32N6O5. The summed E-state index contributed by atoms with van der Waals surface area (Å²) in [6.45, 7) is 5.86. The van der Waals surface area contributed by atoms with Gasteiger partial charge in [0.15, 0.2) is 0 Å². The Kier molecular flexibility index (Phi) is 6.10. The van der Waals surface area contributed by atoms with Gasteiger partial charge in [-0.3, -0.25) is 19.3 Å². The summed E-state index contributed by atoms with van der Waals surface area (Å²) in [4.78, 5) is 56.5. The van der Waals surface area contributed by atoms with E-state index in [4.69, 9.17) is 10.5 Å². The summed E-state index contributed by atoms with van der Waals surface area (Å²) in [6, 6.07) is 6.87. The molecule has 2 bridgehead atoms. The first-order chi connectivity index (χ1) is 17.5. The van der Waals surface area contributed by atoms with Crippen LogP contribution in [0.25, 0.3) is 0 Å². The number of nitrogens with two attached hydrogens (primary N) is 1. The molecule has 196 valence electrons. The third kappa shape index (κ3) is 4.73. The number of amides is 4. The Balaban J connectivity index is 1.33. The predicted octanol–water partition coefficient (Wildman–Crippen LogP) is 0.981. The summed E-state index contributed by atoms with van der Waals surface area (Å²) in [6.07, 6.45) is 1.38. The van der Waals surface area contributed by atoms with Crippen LogP contribution in [0.2, 0.25) is 0 Å². The van der Waals surface area contributed by atoms with Crippen molar-refractivity contribution < 1.29 is 23.9 Å². The van der Waals surface area contributed by atoms with Crippen LogP contribution in [0, 0.1) is 17.2 Å². The molecular weight excluding hydrogens is 476 g/mol. The Bertz CT molecular complexity index is 1190. The lowest BCUT2D eigenvalue weighted by atomic mass is 10.1. The fraction of sp³-hybridized carbons (Fsp3) is 0.577. The summed E-state index contributed by atoms with van der Waals surface area (Å²) in [5.74, 6) is -0.668. The number of piperidine rings is 1. The molecule has 11 heteroatoms. The number of nitrogens with zero attached hydrogens (tertiary/aromatic N) is 4. The quantitative estimate of drug-likeness (QED) is 0.582.